The van der Waals surface area contributed by atoms with Crippen molar-refractivity contribution in [2.75, 3.05) is 13.2 Å². The smallest absolute Gasteiger partial charge is 0.164 e. The van der Waals surface area contributed by atoms with E-state index in [1.807, 2.05) is 11.0 Å². The lowest BCUT2D eigenvalue weighted by molar-refractivity contribution is 0.357. The summed E-state index contributed by atoms with van der Waals surface area (Å²) in [7, 11) is 0. The van der Waals surface area contributed by atoms with Gasteiger partial charge in [0.25, 0.3) is 0 Å². The molecule has 5 heteroatoms. The Kier molecular flexibility index (Phi) is 4.50. The van der Waals surface area contributed by atoms with Gasteiger partial charge in [-0.2, -0.15) is 5.10 Å². The third-order valence-electron chi connectivity index (χ3n) is 3.68. The molecule has 1 aliphatic rings. The van der Waals surface area contributed by atoms with Crippen LogP contribution in [0.3, 0.4) is 0 Å². The first-order valence-electron chi connectivity index (χ1n) is 7.69. The lowest BCUT2D eigenvalue weighted by Gasteiger charge is -2.04. The molecular formula is C16H22N4O. The Morgan fingerprint density at radius 2 is 2.33 bits per heavy atom. The molecule has 3 rings (SSSR count). The van der Waals surface area contributed by atoms with Gasteiger partial charge in [-0.15, -0.1) is 0 Å². The van der Waals surface area contributed by atoms with Crippen molar-refractivity contribution in [3.8, 4) is 5.75 Å². The normalized spacial score (nSPS) is 13.2. The lowest BCUT2D eigenvalue weighted by Crippen LogP contribution is -2.15. The van der Waals surface area contributed by atoms with Crippen molar-refractivity contribution < 1.29 is 4.74 Å². The van der Waals surface area contributed by atoms with Crippen molar-refractivity contribution >= 4 is 0 Å². The van der Waals surface area contributed by atoms with E-state index in [-0.39, 0.29) is 0 Å². The molecule has 1 aliphatic heterocycles. The maximum atomic E-state index is 5.53. The second-order valence-corrected chi connectivity index (χ2v) is 5.39. The van der Waals surface area contributed by atoms with E-state index in [4.69, 9.17) is 4.74 Å². The van der Waals surface area contributed by atoms with Crippen LogP contribution in [0.4, 0.5) is 0 Å². The number of aromatic nitrogens is 3. The van der Waals surface area contributed by atoms with Crippen molar-refractivity contribution in [3.05, 3.63) is 41.5 Å². The zero-order valence-corrected chi connectivity index (χ0v) is 12.5. The van der Waals surface area contributed by atoms with E-state index in [9.17, 15) is 0 Å². The van der Waals surface area contributed by atoms with Crippen LogP contribution in [0.5, 0.6) is 5.75 Å². The largest absolute Gasteiger partial charge is 0.493 e. The van der Waals surface area contributed by atoms with Crippen LogP contribution >= 0.6 is 0 Å². The SMILES string of the molecule is CCCNCc1ncn(CCc2ccc3c(c2)CCO3)n1. The molecular weight excluding hydrogens is 264 g/mol. The van der Waals surface area contributed by atoms with Crippen LogP contribution in [0.1, 0.15) is 30.3 Å². The number of ether oxygens (including phenoxy) is 1. The molecule has 1 aromatic heterocycles. The Hall–Kier alpha value is -1.88. The van der Waals surface area contributed by atoms with Crippen LogP contribution in [-0.4, -0.2) is 27.9 Å². The van der Waals surface area contributed by atoms with E-state index in [1.54, 1.807) is 0 Å². The molecule has 2 heterocycles. The lowest BCUT2D eigenvalue weighted by atomic mass is 10.1. The van der Waals surface area contributed by atoms with E-state index in [0.717, 1.165) is 57.1 Å². The molecule has 21 heavy (non-hydrogen) atoms. The molecule has 2 aromatic rings. The Balaban J connectivity index is 1.53. The first kappa shape index (κ1) is 14.1. The summed E-state index contributed by atoms with van der Waals surface area (Å²) in [4.78, 5) is 4.33. The second kappa shape index (κ2) is 6.72. The fraction of sp³-hybridized carbons (Fsp3) is 0.500. The molecule has 0 unspecified atom stereocenters. The highest BCUT2D eigenvalue weighted by Gasteiger charge is 2.11. The van der Waals surface area contributed by atoms with Crippen LogP contribution in [0.15, 0.2) is 24.5 Å². The van der Waals surface area contributed by atoms with Crippen molar-refractivity contribution in [2.24, 2.45) is 0 Å². The number of aryl methyl sites for hydroxylation is 2. The predicted molar refractivity (Wildman–Crippen MR) is 81.4 cm³/mol. The standard InChI is InChI=1S/C16H22N4O/c1-2-7-17-11-16-18-12-20(19-16)8-5-13-3-4-15-14(10-13)6-9-21-15/h3-4,10,12,17H,2,5-9,11H2,1H3. The van der Waals surface area contributed by atoms with Crippen LogP contribution in [-0.2, 0) is 25.9 Å². The van der Waals surface area contributed by atoms with Crippen molar-refractivity contribution in [1.82, 2.24) is 20.1 Å². The van der Waals surface area contributed by atoms with Gasteiger partial charge in [-0.1, -0.05) is 19.1 Å². The van der Waals surface area contributed by atoms with Gasteiger partial charge in [0.1, 0.15) is 12.1 Å². The molecule has 112 valence electrons. The van der Waals surface area contributed by atoms with Gasteiger partial charge in [-0.25, -0.2) is 4.98 Å². The van der Waals surface area contributed by atoms with Gasteiger partial charge in [0.05, 0.1) is 13.2 Å². The molecule has 0 fully saturated rings. The molecule has 0 saturated carbocycles. The van der Waals surface area contributed by atoms with Crippen LogP contribution in [0.2, 0.25) is 0 Å². The number of hydrogen-bond acceptors (Lipinski definition) is 4. The summed E-state index contributed by atoms with van der Waals surface area (Å²) in [6, 6.07) is 6.48. The summed E-state index contributed by atoms with van der Waals surface area (Å²) >= 11 is 0. The van der Waals surface area contributed by atoms with Gasteiger partial charge in [0, 0.05) is 13.0 Å². The third kappa shape index (κ3) is 3.61. The first-order valence-corrected chi connectivity index (χ1v) is 7.69. The first-order chi connectivity index (χ1) is 10.3. The average Bonchev–Trinajstić information content (AvgIpc) is 3.13. The second-order valence-electron chi connectivity index (χ2n) is 5.39. The molecule has 0 spiro atoms. The molecule has 0 radical (unpaired) electrons. The van der Waals surface area contributed by atoms with Gasteiger partial charge in [0.2, 0.25) is 0 Å². The van der Waals surface area contributed by atoms with Gasteiger partial charge in [-0.05, 0) is 36.6 Å². The number of benzene rings is 1. The Labute approximate surface area is 125 Å². The minimum atomic E-state index is 0.747. The maximum absolute atomic E-state index is 5.53. The molecule has 0 saturated heterocycles. The van der Waals surface area contributed by atoms with Crippen LogP contribution in [0, 0.1) is 0 Å². The van der Waals surface area contributed by atoms with Crippen molar-refractivity contribution in [1.29, 1.82) is 0 Å². The van der Waals surface area contributed by atoms with E-state index < -0.39 is 0 Å². The zero-order chi connectivity index (χ0) is 14.5. The van der Waals surface area contributed by atoms with Gasteiger partial charge in [0.15, 0.2) is 5.82 Å². The highest BCUT2D eigenvalue weighted by molar-refractivity contribution is 5.39. The van der Waals surface area contributed by atoms with E-state index in [2.05, 4.69) is 40.5 Å². The van der Waals surface area contributed by atoms with Crippen LogP contribution in [0.25, 0.3) is 0 Å². The number of rotatable bonds is 7. The molecule has 5 nitrogen and oxygen atoms in total. The third-order valence-corrected chi connectivity index (χ3v) is 3.68. The van der Waals surface area contributed by atoms with Crippen LogP contribution < -0.4 is 10.1 Å². The minimum Gasteiger partial charge on any atom is -0.493 e. The number of nitrogens with zero attached hydrogens (tertiary/aromatic N) is 3. The average molecular weight is 286 g/mol. The van der Waals surface area contributed by atoms with Gasteiger partial charge >= 0.3 is 0 Å². The molecule has 0 atom stereocenters. The highest BCUT2D eigenvalue weighted by Crippen LogP contribution is 2.26. The van der Waals surface area contributed by atoms with Gasteiger partial charge in [-0.3, -0.25) is 4.68 Å². The Morgan fingerprint density at radius 3 is 3.24 bits per heavy atom. The monoisotopic (exact) mass is 286 g/mol. The summed E-state index contributed by atoms with van der Waals surface area (Å²) < 4.78 is 7.46. The fourth-order valence-corrected chi connectivity index (χ4v) is 2.54. The van der Waals surface area contributed by atoms with Gasteiger partial charge < -0.3 is 10.1 Å². The summed E-state index contributed by atoms with van der Waals surface area (Å²) in [5.41, 5.74) is 2.66. The molecule has 1 aromatic carbocycles. The highest BCUT2D eigenvalue weighted by atomic mass is 16.5. The number of fused-ring (bicyclic) bond motifs is 1. The van der Waals surface area contributed by atoms with Crippen molar-refractivity contribution in [3.63, 3.8) is 0 Å². The summed E-state index contributed by atoms with van der Waals surface area (Å²) in [6.45, 7) is 5.58. The summed E-state index contributed by atoms with van der Waals surface area (Å²) in [6.07, 6.45) is 4.94. The molecule has 0 amide bonds. The molecule has 0 bridgehead atoms. The fourth-order valence-electron chi connectivity index (χ4n) is 2.54. The number of hydrogen-bond donors (Lipinski definition) is 1. The minimum absolute atomic E-state index is 0.747. The Bertz CT molecular complexity index is 594. The summed E-state index contributed by atoms with van der Waals surface area (Å²) in [5.74, 6) is 1.91. The topological polar surface area (TPSA) is 52.0 Å². The number of nitrogens with one attached hydrogen (secondary N) is 1. The zero-order valence-electron chi connectivity index (χ0n) is 12.5. The maximum Gasteiger partial charge on any atom is 0.164 e. The molecule has 1 N–H and O–H groups in total. The van der Waals surface area contributed by atoms with Crippen molar-refractivity contribution in [2.45, 2.75) is 39.3 Å². The van der Waals surface area contributed by atoms with E-state index in [1.165, 1.54) is 11.1 Å². The van der Waals surface area contributed by atoms with E-state index >= 15 is 0 Å². The molecule has 0 aliphatic carbocycles. The quantitative estimate of drug-likeness (QED) is 0.791. The Morgan fingerprint density at radius 1 is 1.38 bits per heavy atom. The predicted octanol–water partition coefficient (Wildman–Crippen LogP) is 1.96. The van der Waals surface area contributed by atoms with E-state index in [0.29, 0.717) is 0 Å². The summed E-state index contributed by atoms with van der Waals surface area (Å²) in [5, 5.41) is 7.80.